The topological polar surface area (TPSA) is 79.5 Å². The minimum absolute atomic E-state index is 0.154. The molecule has 2 aromatic rings. The van der Waals surface area contributed by atoms with Gasteiger partial charge in [-0.15, -0.1) is 0 Å². The van der Waals surface area contributed by atoms with E-state index in [9.17, 15) is 31.8 Å². The lowest BCUT2D eigenvalue weighted by Gasteiger charge is -2.13. The van der Waals surface area contributed by atoms with Crippen molar-refractivity contribution >= 4 is 21.4 Å². The smallest absolute Gasteiger partial charge is 0.416 e. The lowest BCUT2D eigenvalue weighted by Crippen LogP contribution is -2.06. The fourth-order valence-electron chi connectivity index (χ4n) is 2.02. The van der Waals surface area contributed by atoms with Crippen molar-refractivity contribution < 1.29 is 31.8 Å². The predicted octanol–water partition coefficient (Wildman–Crippen LogP) is 3.11. The van der Waals surface area contributed by atoms with E-state index in [2.05, 4.69) is 0 Å². The molecule has 0 amide bonds. The molecule has 0 aliphatic carbocycles. The molecular formula is C13H11ClF3NO4S. The summed E-state index contributed by atoms with van der Waals surface area (Å²) in [6.07, 6.45) is -3.73. The number of sulfone groups is 1. The van der Waals surface area contributed by atoms with Gasteiger partial charge in [-0.05, 0) is 18.2 Å². The molecule has 0 bridgehead atoms. The molecule has 23 heavy (non-hydrogen) atoms. The summed E-state index contributed by atoms with van der Waals surface area (Å²) in [5.41, 5.74) is -1.51. The van der Waals surface area contributed by atoms with E-state index in [0.29, 0.717) is 10.6 Å². The van der Waals surface area contributed by atoms with Crippen molar-refractivity contribution in [3.63, 3.8) is 0 Å². The van der Waals surface area contributed by atoms with Crippen LogP contribution >= 0.6 is 11.6 Å². The van der Waals surface area contributed by atoms with Crippen LogP contribution in [0.2, 0.25) is 5.02 Å². The minimum atomic E-state index is -4.65. The van der Waals surface area contributed by atoms with E-state index in [1.165, 1.54) is 0 Å². The highest BCUT2D eigenvalue weighted by Gasteiger charge is 2.32. The summed E-state index contributed by atoms with van der Waals surface area (Å²) >= 11 is 5.84. The molecule has 1 heterocycles. The van der Waals surface area contributed by atoms with E-state index >= 15 is 0 Å². The first kappa shape index (κ1) is 17.5. The second-order valence-corrected chi connectivity index (χ2v) is 7.47. The van der Waals surface area contributed by atoms with E-state index in [0.717, 1.165) is 24.5 Å². The highest BCUT2D eigenvalue weighted by Crippen LogP contribution is 2.38. The number of aromatic hydroxyl groups is 2. The zero-order chi connectivity index (χ0) is 17.6. The molecule has 0 spiro atoms. The van der Waals surface area contributed by atoms with Crippen LogP contribution in [0.5, 0.6) is 11.8 Å². The Hall–Kier alpha value is -1.87. The molecule has 2 rings (SSSR count). The number of benzene rings is 1. The molecule has 2 N–H and O–H groups in total. The summed E-state index contributed by atoms with van der Waals surface area (Å²) in [6, 6.07) is 3.31. The van der Waals surface area contributed by atoms with Crippen LogP contribution in [0.3, 0.4) is 0 Å². The third-order valence-corrected chi connectivity index (χ3v) is 4.12. The van der Waals surface area contributed by atoms with Gasteiger partial charge in [0.15, 0.2) is 15.7 Å². The van der Waals surface area contributed by atoms with E-state index in [4.69, 9.17) is 11.6 Å². The van der Waals surface area contributed by atoms with Crippen molar-refractivity contribution in [1.82, 2.24) is 4.57 Å². The summed E-state index contributed by atoms with van der Waals surface area (Å²) in [5.74, 6) is -1.92. The molecule has 0 aliphatic heterocycles. The van der Waals surface area contributed by atoms with E-state index in [1.54, 1.807) is 0 Å². The highest BCUT2D eigenvalue weighted by atomic mass is 35.5. The Kier molecular flexibility index (Phi) is 4.29. The van der Waals surface area contributed by atoms with Gasteiger partial charge in [0.1, 0.15) is 0 Å². The minimum Gasteiger partial charge on any atom is -0.494 e. The summed E-state index contributed by atoms with van der Waals surface area (Å²) in [4.78, 5) is 0. The number of halogens is 4. The largest absolute Gasteiger partial charge is 0.494 e. The molecule has 0 fully saturated rings. The quantitative estimate of drug-likeness (QED) is 0.871. The van der Waals surface area contributed by atoms with Gasteiger partial charge in [-0.2, -0.15) is 13.2 Å². The average Bonchev–Trinajstić information content (AvgIpc) is 2.62. The van der Waals surface area contributed by atoms with Gasteiger partial charge < -0.3 is 10.2 Å². The number of alkyl halides is 3. The second kappa shape index (κ2) is 5.64. The number of hydrogen-bond acceptors (Lipinski definition) is 4. The molecule has 0 atom stereocenters. The Balaban J connectivity index is 2.64. The van der Waals surface area contributed by atoms with Gasteiger partial charge >= 0.3 is 6.18 Å². The van der Waals surface area contributed by atoms with Gasteiger partial charge in [-0.3, -0.25) is 0 Å². The average molecular weight is 370 g/mol. The number of rotatable bonds is 3. The fourth-order valence-corrected chi connectivity index (χ4v) is 3.00. The molecule has 0 aliphatic rings. The standard InChI is InChI=1S/C13H11ClF3NO4S/c1-23(21,22)6-7-4-11(19)18(12(7)20)10-5-8(13(15,16)17)2-3-9(10)14/h2-5,19-20H,6H2,1H3. The molecule has 0 saturated heterocycles. The number of nitrogens with zero attached hydrogens (tertiary/aromatic N) is 1. The zero-order valence-corrected chi connectivity index (χ0v) is 13.2. The van der Waals surface area contributed by atoms with Crippen molar-refractivity contribution in [1.29, 1.82) is 0 Å². The third-order valence-electron chi connectivity index (χ3n) is 2.96. The van der Waals surface area contributed by atoms with Crippen LogP contribution in [0.25, 0.3) is 5.69 Å². The van der Waals surface area contributed by atoms with Crippen LogP contribution in [0, 0.1) is 0 Å². The number of aromatic nitrogens is 1. The maximum absolute atomic E-state index is 12.8. The normalized spacial score (nSPS) is 12.6. The van der Waals surface area contributed by atoms with Gasteiger partial charge in [-0.25, -0.2) is 13.0 Å². The van der Waals surface area contributed by atoms with Gasteiger partial charge in [0.2, 0.25) is 5.88 Å². The molecule has 5 nitrogen and oxygen atoms in total. The maximum atomic E-state index is 12.8. The Labute approximate surface area is 134 Å². The van der Waals surface area contributed by atoms with E-state index in [-0.39, 0.29) is 16.3 Å². The van der Waals surface area contributed by atoms with Gasteiger partial charge in [0.25, 0.3) is 0 Å². The SMILES string of the molecule is CS(=O)(=O)Cc1cc(O)n(-c2cc(C(F)(F)F)ccc2Cl)c1O. The Morgan fingerprint density at radius 2 is 1.83 bits per heavy atom. The fraction of sp³-hybridized carbons (Fsp3) is 0.231. The summed E-state index contributed by atoms with van der Waals surface area (Å²) in [6.45, 7) is 0. The molecule has 126 valence electrons. The van der Waals surface area contributed by atoms with Crippen molar-refractivity contribution in [3.8, 4) is 17.4 Å². The van der Waals surface area contributed by atoms with Crippen LogP contribution in [0.1, 0.15) is 11.1 Å². The van der Waals surface area contributed by atoms with Crippen molar-refractivity contribution in [2.24, 2.45) is 0 Å². The molecular weight excluding hydrogens is 359 g/mol. The first-order valence-electron chi connectivity index (χ1n) is 6.07. The molecule has 10 heteroatoms. The van der Waals surface area contributed by atoms with E-state index in [1.807, 2.05) is 0 Å². The third kappa shape index (κ3) is 3.73. The molecule has 1 aromatic carbocycles. The molecule has 0 unspecified atom stereocenters. The van der Waals surface area contributed by atoms with Crippen molar-refractivity contribution in [3.05, 3.63) is 40.4 Å². The Bertz CT molecular complexity index is 859. The van der Waals surface area contributed by atoms with Crippen LogP contribution in [-0.2, 0) is 21.8 Å². The van der Waals surface area contributed by atoms with Gasteiger partial charge in [0, 0.05) is 17.9 Å². The molecule has 1 aromatic heterocycles. The number of hydrogen-bond donors (Lipinski definition) is 2. The monoisotopic (exact) mass is 369 g/mol. The van der Waals surface area contributed by atoms with Crippen LogP contribution < -0.4 is 0 Å². The Morgan fingerprint density at radius 3 is 2.35 bits per heavy atom. The first-order chi connectivity index (χ1) is 10.4. The van der Waals surface area contributed by atoms with Crippen molar-refractivity contribution in [2.45, 2.75) is 11.9 Å². The predicted molar refractivity (Wildman–Crippen MR) is 77.7 cm³/mol. The second-order valence-electron chi connectivity index (χ2n) is 4.92. The van der Waals surface area contributed by atoms with Crippen LogP contribution in [0.15, 0.2) is 24.3 Å². The van der Waals surface area contributed by atoms with Crippen LogP contribution in [-0.4, -0.2) is 29.5 Å². The van der Waals surface area contributed by atoms with Crippen molar-refractivity contribution in [2.75, 3.05) is 6.26 Å². The molecule has 0 saturated carbocycles. The summed E-state index contributed by atoms with van der Waals surface area (Å²) in [7, 11) is -3.52. The van der Waals surface area contributed by atoms with Gasteiger partial charge in [0.05, 0.1) is 22.0 Å². The lowest BCUT2D eigenvalue weighted by molar-refractivity contribution is -0.137. The Morgan fingerprint density at radius 1 is 1.22 bits per heavy atom. The van der Waals surface area contributed by atoms with E-state index < -0.39 is 39.1 Å². The van der Waals surface area contributed by atoms with Crippen LogP contribution in [0.4, 0.5) is 13.2 Å². The first-order valence-corrected chi connectivity index (χ1v) is 8.51. The van der Waals surface area contributed by atoms with Gasteiger partial charge in [-0.1, -0.05) is 11.6 Å². The zero-order valence-electron chi connectivity index (χ0n) is 11.6. The lowest BCUT2D eigenvalue weighted by atomic mass is 10.2. The highest BCUT2D eigenvalue weighted by molar-refractivity contribution is 7.89. The summed E-state index contributed by atoms with van der Waals surface area (Å²) in [5, 5.41) is 19.7. The molecule has 0 radical (unpaired) electrons. The maximum Gasteiger partial charge on any atom is 0.416 e. The summed E-state index contributed by atoms with van der Waals surface area (Å²) < 4.78 is 61.6.